The van der Waals surface area contributed by atoms with E-state index >= 15 is 0 Å². The molecule has 2 aromatic carbocycles. The Kier molecular flexibility index (Phi) is 5.49. The van der Waals surface area contributed by atoms with Crippen LogP contribution in [0, 0.1) is 0 Å². The summed E-state index contributed by atoms with van der Waals surface area (Å²) in [5, 5.41) is 0.665. The molecule has 20 heavy (non-hydrogen) atoms. The van der Waals surface area contributed by atoms with Crippen molar-refractivity contribution in [3.8, 4) is 11.5 Å². The molecule has 2 nitrogen and oxygen atoms in total. The first-order chi connectivity index (χ1) is 9.45. The first-order valence-electron chi connectivity index (χ1n) is 6.12. The molecule has 0 fully saturated rings. The van der Waals surface area contributed by atoms with E-state index in [1.165, 1.54) is 5.56 Å². The van der Waals surface area contributed by atoms with Gasteiger partial charge in [-0.1, -0.05) is 33.6 Å². The Hall–Kier alpha value is -0.550. The van der Waals surface area contributed by atoms with Crippen molar-refractivity contribution in [2.45, 2.75) is 19.4 Å². The van der Waals surface area contributed by atoms with Crippen molar-refractivity contribution < 1.29 is 4.74 Å². The molecule has 0 bridgehead atoms. The molecule has 0 spiro atoms. The molecule has 0 aliphatic heterocycles. The Morgan fingerprint density at radius 1 is 1.15 bits per heavy atom. The molecule has 0 saturated carbocycles. The summed E-state index contributed by atoms with van der Waals surface area (Å²) in [6, 6.07) is 11.5. The first kappa shape index (κ1) is 15.8. The first-order valence-corrected chi connectivity index (χ1v) is 8.09. The Morgan fingerprint density at radius 3 is 2.50 bits per heavy atom. The fourth-order valence-electron chi connectivity index (χ4n) is 1.79. The predicted octanol–water partition coefficient (Wildman–Crippen LogP) is 5.55. The van der Waals surface area contributed by atoms with E-state index in [-0.39, 0.29) is 6.04 Å². The number of halogens is 3. The Bertz CT molecular complexity index is 617. The van der Waals surface area contributed by atoms with Gasteiger partial charge in [-0.3, -0.25) is 0 Å². The SMILES string of the molecule is CC(N)Cc1ccc(Oc2ccc(Cl)cc2Br)cc1Br. The summed E-state index contributed by atoms with van der Waals surface area (Å²) in [7, 11) is 0. The minimum Gasteiger partial charge on any atom is -0.456 e. The molecular formula is C15H14Br2ClNO. The van der Waals surface area contributed by atoms with E-state index < -0.39 is 0 Å². The lowest BCUT2D eigenvalue weighted by Crippen LogP contribution is -2.17. The summed E-state index contributed by atoms with van der Waals surface area (Å²) in [6.45, 7) is 1.99. The van der Waals surface area contributed by atoms with Crippen molar-refractivity contribution >= 4 is 43.5 Å². The Labute approximate surface area is 140 Å². The average molecular weight is 420 g/mol. The molecule has 0 aliphatic rings. The highest BCUT2D eigenvalue weighted by Crippen LogP contribution is 2.33. The van der Waals surface area contributed by atoms with Crippen molar-refractivity contribution in [1.29, 1.82) is 0 Å². The fourth-order valence-corrected chi connectivity index (χ4v) is 3.07. The van der Waals surface area contributed by atoms with Gasteiger partial charge in [-0.05, 0) is 65.2 Å². The maximum absolute atomic E-state index is 5.91. The van der Waals surface area contributed by atoms with E-state index in [0.29, 0.717) is 5.02 Å². The maximum Gasteiger partial charge on any atom is 0.141 e. The Morgan fingerprint density at radius 2 is 1.90 bits per heavy atom. The fraction of sp³-hybridized carbons (Fsp3) is 0.200. The number of rotatable bonds is 4. The van der Waals surface area contributed by atoms with Crippen LogP contribution in [0.15, 0.2) is 45.3 Å². The van der Waals surface area contributed by atoms with Crippen LogP contribution in [0.2, 0.25) is 5.02 Å². The number of hydrogen-bond donors (Lipinski definition) is 1. The second-order valence-electron chi connectivity index (χ2n) is 4.61. The van der Waals surface area contributed by atoms with Crippen LogP contribution in [-0.4, -0.2) is 6.04 Å². The highest BCUT2D eigenvalue weighted by molar-refractivity contribution is 9.10. The summed E-state index contributed by atoms with van der Waals surface area (Å²) in [5.74, 6) is 1.48. The van der Waals surface area contributed by atoms with E-state index in [1.807, 2.05) is 31.2 Å². The van der Waals surface area contributed by atoms with Crippen LogP contribution < -0.4 is 10.5 Å². The third kappa shape index (κ3) is 4.22. The van der Waals surface area contributed by atoms with Crippen molar-refractivity contribution in [2.75, 3.05) is 0 Å². The minimum absolute atomic E-state index is 0.128. The third-order valence-corrected chi connectivity index (χ3v) is 4.28. The standard InChI is InChI=1S/C15H14Br2ClNO/c1-9(19)6-10-2-4-12(8-13(10)16)20-15-5-3-11(18)7-14(15)17/h2-5,7-9H,6,19H2,1H3. The molecule has 106 valence electrons. The van der Waals surface area contributed by atoms with Gasteiger partial charge >= 0.3 is 0 Å². The lowest BCUT2D eigenvalue weighted by molar-refractivity contribution is 0.479. The van der Waals surface area contributed by atoms with Crippen LogP contribution >= 0.6 is 43.5 Å². The predicted molar refractivity (Wildman–Crippen MR) is 90.7 cm³/mol. The summed E-state index contributed by atoms with van der Waals surface area (Å²) >= 11 is 12.9. The van der Waals surface area contributed by atoms with Crippen LogP contribution in [0.25, 0.3) is 0 Å². The van der Waals surface area contributed by atoms with Gasteiger partial charge in [0, 0.05) is 15.5 Å². The maximum atomic E-state index is 5.91. The molecule has 2 rings (SSSR count). The van der Waals surface area contributed by atoms with Gasteiger partial charge in [0.2, 0.25) is 0 Å². The summed E-state index contributed by atoms with van der Waals surface area (Å²) in [4.78, 5) is 0. The number of ether oxygens (including phenoxy) is 1. The molecular weight excluding hydrogens is 405 g/mol. The van der Waals surface area contributed by atoms with Crippen molar-refractivity contribution in [2.24, 2.45) is 5.73 Å². The van der Waals surface area contributed by atoms with Crippen molar-refractivity contribution in [3.63, 3.8) is 0 Å². The van der Waals surface area contributed by atoms with Gasteiger partial charge in [-0.2, -0.15) is 0 Å². The van der Waals surface area contributed by atoms with Gasteiger partial charge < -0.3 is 10.5 Å². The van der Waals surface area contributed by atoms with E-state index in [9.17, 15) is 0 Å². The smallest absolute Gasteiger partial charge is 0.141 e. The zero-order chi connectivity index (χ0) is 14.7. The molecule has 2 N–H and O–H groups in total. The van der Waals surface area contributed by atoms with Gasteiger partial charge in [-0.15, -0.1) is 0 Å². The zero-order valence-corrected chi connectivity index (χ0v) is 14.8. The van der Waals surface area contributed by atoms with Crippen molar-refractivity contribution in [1.82, 2.24) is 0 Å². The highest BCUT2D eigenvalue weighted by atomic mass is 79.9. The van der Waals surface area contributed by atoms with Gasteiger partial charge in [0.25, 0.3) is 0 Å². The normalized spacial score (nSPS) is 12.2. The van der Waals surface area contributed by atoms with Crippen LogP contribution in [0.5, 0.6) is 11.5 Å². The van der Waals surface area contributed by atoms with E-state index in [4.69, 9.17) is 22.1 Å². The number of hydrogen-bond acceptors (Lipinski definition) is 2. The largest absolute Gasteiger partial charge is 0.456 e. The molecule has 0 heterocycles. The second kappa shape index (κ2) is 6.94. The van der Waals surface area contributed by atoms with Gasteiger partial charge in [0.15, 0.2) is 0 Å². The summed E-state index contributed by atoms with van der Waals surface area (Å²) in [6.07, 6.45) is 0.825. The average Bonchev–Trinajstić information content (AvgIpc) is 2.36. The van der Waals surface area contributed by atoms with Gasteiger partial charge in [0.05, 0.1) is 4.47 Å². The molecule has 0 aromatic heterocycles. The molecule has 0 saturated heterocycles. The van der Waals surface area contributed by atoms with Crippen molar-refractivity contribution in [3.05, 3.63) is 55.9 Å². The number of nitrogens with two attached hydrogens (primary N) is 1. The molecule has 0 amide bonds. The molecule has 0 aliphatic carbocycles. The molecule has 0 radical (unpaired) electrons. The van der Waals surface area contributed by atoms with Crippen LogP contribution in [0.1, 0.15) is 12.5 Å². The highest BCUT2D eigenvalue weighted by Gasteiger charge is 2.07. The lowest BCUT2D eigenvalue weighted by Gasteiger charge is -2.11. The molecule has 1 atom stereocenters. The van der Waals surface area contributed by atoms with E-state index in [1.54, 1.807) is 12.1 Å². The topological polar surface area (TPSA) is 35.2 Å². The summed E-state index contributed by atoms with van der Waals surface area (Å²) < 4.78 is 7.66. The Balaban J connectivity index is 2.20. The molecule has 2 aromatic rings. The van der Waals surface area contributed by atoms with Crippen LogP contribution in [0.3, 0.4) is 0 Å². The third-order valence-electron chi connectivity index (χ3n) is 2.69. The number of benzene rings is 2. The minimum atomic E-state index is 0.128. The van der Waals surface area contributed by atoms with Crippen LogP contribution in [0.4, 0.5) is 0 Å². The van der Waals surface area contributed by atoms with Gasteiger partial charge in [0.1, 0.15) is 11.5 Å². The summed E-state index contributed by atoms with van der Waals surface area (Å²) in [5.41, 5.74) is 6.99. The van der Waals surface area contributed by atoms with Crippen LogP contribution in [-0.2, 0) is 6.42 Å². The second-order valence-corrected chi connectivity index (χ2v) is 6.76. The molecule has 1 unspecified atom stereocenters. The zero-order valence-electron chi connectivity index (χ0n) is 10.9. The lowest BCUT2D eigenvalue weighted by atomic mass is 10.1. The molecule has 5 heteroatoms. The van der Waals surface area contributed by atoms with E-state index in [2.05, 4.69) is 31.9 Å². The monoisotopic (exact) mass is 417 g/mol. The van der Waals surface area contributed by atoms with Gasteiger partial charge in [-0.25, -0.2) is 0 Å². The quantitative estimate of drug-likeness (QED) is 0.705. The van der Waals surface area contributed by atoms with E-state index in [0.717, 1.165) is 26.9 Å².